The third kappa shape index (κ3) is 2.81. The SMILES string of the molecule is CCC1CN(S(=O)(=O)c2c(C(=O)O)n[nH]c2C)CCN1C. The van der Waals surface area contributed by atoms with Gasteiger partial charge in [-0.25, -0.2) is 13.2 Å². The molecule has 1 atom stereocenters. The number of nitrogens with zero attached hydrogens (tertiary/aromatic N) is 3. The zero-order valence-electron chi connectivity index (χ0n) is 12.3. The first-order chi connectivity index (χ1) is 9.78. The number of H-pyrrole nitrogens is 1. The number of aromatic carboxylic acids is 1. The van der Waals surface area contributed by atoms with Crippen molar-refractivity contribution in [3.63, 3.8) is 0 Å². The molecule has 1 saturated heterocycles. The Kier molecular flexibility index (Phi) is 4.35. The summed E-state index contributed by atoms with van der Waals surface area (Å²) in [5, 5.41) is 15.1. The molecular formula is C12H20N4O4S. The Labute approximate surface area is 123 Å². The van der Waals surface area contributed by atoms with Crippen molar-refractivity contribution in [2.45, 2.75) is 31.2 Å². The van der Waals surface area contributed by atoms with Crippen LogP contribution < -0.4 is 0 Å². The van der Waals surface area contributed by atoms with E-state index in [4.69, 9.17) is 5.11 Å². The first-order valence-electron chi connectivity index (χ1n) is 6.77. The fourth-order valence-corrected chi connectivity index (χ4v) is 4.34. The Bertz CT molecular complexity index is 640. The summed E-state index contributed by atoms with van der Waals surface area (Å²) >= 11 is 0. The van der Waals surface area contributed by atoms with Gasteiger partial charge in [0.05, 0.1) is 5.69 Å². The molecule has 9 heteroatoms. The molecule has 21 heavy (non-hydrogen) atoms. The van der Waals surface area contributed by atoms with Gasteiger partial charge in [-0.2, -0.15) is 9.40 Å². The van der Waals surface area contributed by atoms with Crippen LogP contribution in [0.1, 0.15) is 29.5 Å². The summed E-state index contributed by atoms with van der Waals surface area (Å²) in [6.45, 7) is 4.85. The van der Waals surface area contributed by atoms with Crippen molar-refractivity contribution in [3.8, 4) is 0 Å². The van der Waals surface area contributed by atoms with Crippen LogP contribution in [0.15, 0.2) is 4.90 Å². The van der Waals surface area contributed by atoms with Crippen LogP contribution in [-0.2, 0) is 10.0 Å². The van der Waals surface area contributed by atoms with Crippen LogP contribution in [0, 0.1) is 6.92 Å². The molecule has 0 saturated carbocycles. The predicted molar refractivity (Wildman–Crippen MR) is 75.8 cm³/mol. The van der Waals surface area contributed by atoms with Crippen LogP contribution in [0.4, 0.5) is 0 Å². The van der Waals surface area contributed by atoms with Crippen LogP contribution in [0.5, 0.6) is 0 Å². The lowest BCUT2D eigenvalue weighted by Crippen LogP contribution is -2.53. The monoisotopic (exact) mass is 316 g/mol. The number of rotatable bonds is 4. The number of aryl methyl sites for hydroxylation is 1. The van der Waals surface area contributed by atoms with E-state index < -0.39 is 21.7 Å². The van der Waals surface area contributed by atoms with E-state index in [0.29, 0.717) is 19.6 Å². The van der Waals surface area contributed by atoms with E-state index in [-0.39, 0.29) is 16.6 Å². The predicted octanol–water partition coefficient (Wildman–Crippen LogP) is 0.131. The maximum Gasteiger partial charge on any atom is 0.357 e. The van der Waals surface area contributed by atoms with Gasteiger partial charge >= 0.3 is 5.97 Å². The number of aromatic nitrogens is 2. The molecule has 2 rings (SSSR count). The average Bonchev–Trinajstić information content (AvgIpc) is 2.81. The van der Waals surface area contributed by atoms with Crippen LogP contribution in [-0.4, -0.2) is 71.6 Å². The number of carbonyl (C=O) groups is 1. The van der Waals surface area contributed by atoms with E-state index in [9.17, 15) is 13.2 Å². The number of hydrogen-bond acceptors (Lipinski definition) is 5. The second-order valence-corrected chi connectivity index (χ2v) is 7.11. The number of sulfonamides is 1. The van der Waals surface area contributed by atoms with Crippen molar-refractivity contribution in [2.75, 3.05) is 26.7 Å². The van der Waals surface area contributed by atoms with E-state index in [2.05, 4.69) is 15.1 Å². The van der Waals surface area contributed by atoms with Gasteiger partial charge in [-0.05, 0) is 20.4 Å². The summed E-state index contributed by atoms with van der Waals surface area (Å²) in [6.07, 6.45) is 0.832. The van der Waals surface area contributed by atoms with Gasteiger partial charge in [0.15, 0.2) is 5.69 Å². The lowest BCUT2D eigenvalue weighted by Gasteiger charge is -2.38. The highest BCUT2D eigenvalue weighted by atomic mass is 32.2. The molecule has 0 radical (unpaired) electrons. The zero-order valence-corrected chi connectivity index (χ0v) is 13.1. The number of piperazine rings is 1. The Balaban J connectivity index is 2.39. The van der Waals surface area contributed by atoms with Crippen molar-refractivity contribution >= 4 is 16.0 Å². The third-order valence-electron chi connectivity index (χ3n) is 3.90. The third-order valence-corrected chi connectivity index (χ3v) is 5.93. The molecule has 2 N–H and O–H groups in total. The highest BCUT2D eigenvalue weighted by molar-refractivity contribution is 7.89. The summed E-state index contributed by atoms with van der Waals surface area (Å²) in [6, 6.07) is 0.133. The minimum absolute atomic E-state index is 0.133. The molecule has 8 nitrogen and oxygen atoms in total. The molecule has 1 aromatic rings. The van der Waals surface area contributed by atoms with Crippen molar-refractivity contribution in [3.05, 3.63) is 11.4 Å². The molecule has 0 amide bonds. The maximum absolute atomic E-state index is 12.7. The number of carboxylic acids is 1. The molecule has 1 aromatic heterocycles. The molecule has 118 valence electrons. The fourth-order valence-electron chi connectivity index (χ4n) is 2.59. The summed E-state index contributed by atoms with van der Waals surface area (Å²) in [7, 11) is -1.90. The van der Waals surface area contributed by atoms with E-state index in [1.807, 2.05) is 14.0 Å². The minimum Gasteiger partial charge on any atom is -0.476 e. The van der Waals surface area contributed by atoms with Crippen LogP contribution >= 0.6 is 0 Å². The lowest BCUT2D eigenvalue weighted by atomic mass is 10.1. The van der Waals surface area contributed by atoms with Crippen molar-refractivity contribution in [2.24, 2.45) is 0 Å². The molecule has 1 aliphatic rings. The molecule has 1 aliphatic heterocycles. The molecule has 0 aromatic carbocycles. The Morgan fingerprint density at radius 1 is 1.48 bits per heavy atom. The van der Waals surface area contributed by atoms with Gasteiger partial charge in [-0.15, -0.1) is 0 Å². The van der Waals surface area contributed by atoms with Gasteiger partial charge in [-0.1, -0.05) is 6.92 Å². The van der Waals surface area contributed by atoms with Crippen LogP contribution in [0.25, 0.3) is 0 Å². The molecule has 0 bridgehead atoms. The van der Waals surface area contributed by atoms with E-state index in [1.54, 1.807) is 0 Å². The van der Waals surface area contributed by atoms with Gasteiger partial charge < -0.3 is 10.0 Å². The summed E-state index contributed by atoms with van der Waals surface area (Å²) in [5.41, 5.74) is -0.196. The smallest absolute Gasteiger partial charge is 0.357 e. The lowest BCUT2D eigenvalue weighted by molar-refractivity contribution is 0.0685. The molecule has 0 spiro atoms. The highest BCUT2D eigenvalue weighted by Gasteiger charge is 2.37. The number of nitrogens with one attached hydrogen (secondary N) is 1. The highest BCUT2D eigenvalue weighted by Crippen LogP contribution is 2.25. The van der Waals surface area contributed by atoms with Gasteiger partial charge in [0.2, 0.25) is 10.0 Å². The second kappa shape index (κ2) is 5.74. The normalized spacial score (nSPS) is 21.6. The Morgan fingerprint density at radius 2 is 2.14 bits per heavy atom. The van der Waals surface area contributed by atoms with Gasteiger partial charge in [-0.3, -0.25) is 5.10 Å². The largest absolute Gasteiger partial charge is 0.476 e. The summed E-state index contributed by atoms with van der Waals surface area (Å²) < 4.78 is 26.8. The van der Waals surface area contributed by atoms with Crippen molar-refractivity contribution < 1.29 is 18.3 Å². The topological polar surface area (TPSA) is 107 Å². The van der Waals surface area contributed by atoms with Crippen molar-refractivity contribution in [1.29, 1.82) is 0 Å². The average molecular weight is 316 g/mol. The number of aromatic amines is 1. The van der Waals surface area contributed by atoms with Crippen LogP contribution in [0.2, 0.25) is 0 Å². The van der Waals surface area contributed by atoms with Crippen molar-refractivity contribution in [1.82, 2.24) is 19.4 Å². The van der Waals surface area contributed by atoms with E-state index in [1.165, 1.54) is 11.2 Å². The molecule has 0 aliphatic carbocycles. The fraction of sp³-hybridized carbons (Fsp3) is 0.667. The van der Waals surface area contributed by atoms with Gasteiger partial charge in [0.1, 0.15) is 4.90 Å². The summed E-state index contributed by atoms with van der Waals surface area (Å²) in [4.78, 5) is 13.1. The van der Waals surface area contributed by atoms with Gasteiger partial charge in [0, 0.05) is 25.7 Å². The quantitative estimate of drug-likeness (QED) is 0.818. The summed E-state index contributed by atoms with van der Waals surface area (Å²) in [5.74, 6) is -1.35. The standard InChI is InChI=1S/C12H20N4O4S/c1-4-9-7-16(6-5-15(9)3)21(19,20)11-8(2)13-14-10(11)12(17)18/h9H,4-7H2,1-3H3,(H,13,14)(H,17,18). The van der Waals surface area contributed by atoms with Crippen LogP contribution in [0.3, 0.4) is 0 Å². The Morgan fingerprint density at radius 3 is 2.71 bits per heavy atom. The molecule has 2 heterocycles. The Hall–Kier alpha value is -1.45. The molecule has 1 fully saturated rings. The van der Waals surface area contributed by atoms with E-state index in [0.717, 1.165) is 6.42 Å². The van der Waals surface area contributed by atoms with E-state index >= 15 is 0 Å². The first-order valence-corrected chi connectivity index (χ1v) is 8.21. The maximum atomic E-state index is 12.7. The second-order valence-electron chi connectivity index (χ2n) is 5.24. The molecule has 1 unspecified atom stereocenters. The van der Waals surface area contributed by atoms with Gasteiger partial charge in [0.25, 0.3) is 0 Å². The first kappa shape index (κ1) is 15.9. The molecular weight excluding hydrogens is 296 g/mol. The number of hydrogen-bond donors (Lipinski definition) is 2. The minimum atomic E-state index is -3.86. The number of likely N-dealkylation sites (N-methyl/N-ethyl adjacent to an activating group) is 1. The zero-order chi connectivity index (χ0) is 15.8. The number of carboxylic acid groups (broad SMARTS) is 1.